The van der Waals surface area contributed by atoms with E-state index in [0.717, 1.165) is 67.2 Å². The molecule has 8 aromatic carbocycles. The van der Waals surface area contributed by atoms with Crippen LogP contribution in [0.15, 0.2) is 199 Å². The van der Waals surface area contributed by atoms with E-state index in [0.29, 0.717) is 0 Å². The molecule has 1 aromatic heterocycles. The molecule has 10 rings (SSSR count). The van der Waals surface area contributed by atoms with Crippen LogP contribution in [-0.4, -0.2) is 7.05 Å². The summed E-state index contributed by atoms with van der Waals surface area (Å²) in [5.74, 6) is 0. The molecule has 0 spiro atoms. The van der Waals surface area contributed by atoms with Crippen molar-refractivity contribution in [3.8, 4) is 22.3 Å². The quantitative estimate of drug-likeness (QED) is 0.174. The van der Waals surface area contributed by atoms with E-state index < -0.39 is 0 Å². The second kappa shape index (κ2) is 12.6. The summed E-state index contributed by atoms with van der Waals surface area (Å²) in [7, 11) is 2.16. The van der Waals surface area contributed by atoms with Gasteiger partial charge in [0.1, 0.15) is 5.58 Å². The molecule has 0 fully saturated rings. The SMILES string of the molecule is CN1c2ccccc2N(c2ccccc2)c2ccc(-c3ccc(N(c4ccc(-c5ccccc5)cc4)c4cccc5c4oc4ccccc45)cc3)cc21. The molecule has 0 aliphatic carbocycles. The van der Waals surface area contributed by atoms with Crippen molar-refractivity contribution in [1.82, 2.24) is 0 Å². The largest absolute Gasteiger partial charge is 0.454 e. The fraction of sp³-hybridized carbons (Fsp3) is 0.0204. The lowest BCUT2D eigenvalue weighted by Gasteiger charge is -2.38. The average molecular weight is 682 g/mol. The first-order valence-corrected chi connectivity index (χ1v) is 18.0. The van der Waals surface area contributed by atoms with Crippen molar-refractivity contribution in [2.24, 2.45) is 0 Å². The molecule has 0 radical (unpaired) electrons. The van der Waals surface area contributed by atoms with Crippen LogP contribution in [0.3, 0.4) is 0 Å². The molecule has 252 valence electrons. The lowest BCUT2D eigenvalue weighted by atomic mass is 10.00. The molecule has 0 bridgehead atoms. The van der Waals surface area contributed by atoms with Crippen LogP contribution in [0.5, 0.6) is 0 Å². The third-order valence-electron chi connectivity index (χ3n) is 10.4. The van der Waals surface area contributed by atoms with Crippen molar-refractivity contribution in [1.29, 1.82) is 0 Å². The van der Waals surface area contributed by atoms with Crippen LogP contribution in [0.1, 0.15) is 0 Å². The first-order chi connectivity index (χ1) is 26.2. The standard InChI is InChI=1S/C49H35N3O/c1-50-43-19-9-10-20-44(43)52(38-15-6-3-7-16-38)45-32-27-37(33-47(45)50)36-25-30-40(31-26-36)51(39-28-23-35(24-29-39)34-13-4-2-5-14-34)46-21-12-18-42-41-17-8-11-22-48(41)53-49(42)46/h2-33H,1H3. The molecule has 0 amide bonds. The maximum absolute atomic E-state index is 6.57. The van der Waals surface area contributed by atoms with Gasteiger partial charge < -0.3 is 19.1 Å². The molecular formula is C49H35N3O. The third-order valence-corrected chi connectivity index (χ3v) is 10.4. The Morgan fingerprint density at radius 1 is 0.415 bits per heavy atom. The summed E-state index contributed by atoms with van der Waals surface area (Å²) in [5, 5.41) is 2.22. The molecule has 9 aromatic rings. The van der Waals surface area contributed by atoms with Gasteiger partial charge in [0, 0.05) is 34.9 Å². The van der Waals surface area contributed by atoms with Crippen LogP contribution in [0.2, 0.25) is 0 Å². The van der Waals surface area contributed by atoms with Gasteiger partial charge in [-0.3, -0.25) is 0 Å². The van der Waals surface area contributed by atoms with Gasteiger partial charge in [0.25, 0.3) is 0 Å². The Morgan fingerprint density at radius 3 is 1.70 bits per heavy atom. The van der Waals surface area contributed by atoms with E-state index in [1.807, 2.05) is 12.1 Å². The monoisotopic (exact) mass is 681 g/mol. The highest BCUT2D eigenvalue weighted by Gasteiger charge is 2.28. The maximum atomic E-state index is 6.57. The van der Waals surface area contributed by atoms with Crippen LogP contribution in [0, 0.1) is 0 Å². The number of hydrogen-bond donors (Lipinski definition) is 0. The number of para-hydroxylation sites is 5. The first-order valence-electron chi connectivity index (χ1n) is 18.0. The number of nitrogens with zero attached hydrogens (tertiary/aromatic N) is 3. The van der Waals surface area contributed by atoms with E-state index in [9.17, 15) is 0 Å². The van der Waals surface area contributed by atoms with Crippen molar-refractivity contribution in [3.63, 3.8) is 0 Å². The summed E-state index contributed by atoms with van der Waals surface area (Å²) in [5.41, 5.74) is 15.3. The number of benzene rings is 8. The minimum Gasteiger partial charge on any atom is -0.454 e. The topological polar surface area (TPSA) is 22.9 Å². The van der Waals surface area contributed by atoms with Crippen molar-refractivity contribution >= 4 is 67.4 Å². The van der Waals surface area contributed by atoms with E-state index in [2.05, 4.69) is 204 Å². The van der Waals surface area contributed by atoms with Crippen LogP contribution in [0.25, 0.3) is 44.2 Å². The summed E-state index contributed by atoms with van der Waals surface area (Å²) in [4.78, 5) is 6.96. The van der Waals surface area contributed by atoms with Crippen LogP contribution >= 0.6 is 0 Å². The zero-order valence-electron chi connectivity index (χ0n) is 29.2. The van der Waals surface area contributed by atoms with Crippen LogP contribution < -0.4 is 14.7 Å². The Kier molecular flexibility index (Phi) is 7.33. The van der Waals surface area contributed by atoms with Gasteiger partial charge in [0.15, 0.2) is 5.58 Å². The summed E-state index contributed by atoms with van der Waals surface area (Å²) in [6.45, 7) is 0. The summed E-state index contributed by atoms with van der Waals surface area (Å²) < 4.78 is 6.57. The Morgan fingerprint density at radius 2 is 0.962 bits per heavy atom. The Labute approximate surface area is 309 Å². The van der Waals surface area contributed by atoms with Crippen LogP contribution in [0.4, 0.5) is 45.5 Å². The number of fused-ring (bicyclic) bond motifs is 5. The molecule has 4 heteroatoms. The Balaban J connectivity index is 1.07. The maximum Gasteiger partial charge on any atom is 0.159 e. The highest BCUT2D eigenvalue weighted by molar-refractivity contribution is 6.10. The molecule has 0 saturated carbocycles. The average Bonchev–Trinajstić information content (AvgIpc) is 3.62. The normalized spacial score (nSPS) is 12.2. The Hall–Kier alpha value is -7.04. The second-order valence-corrected chi connectivity index (χ2v) is 13.5. The minimum absolute atomic E-state index is 0.867. The number of rotatable bonds is 6. The van der Waals surface area contributed by atoms with E-state index in [-0.39, 0.29) is 0 Å². The Bertz CT molecular complexity index is 2740. The van der Waals surface area contributed by atoms with Gasteiger partial charge >= 0.3 is 0 Å². The highest BCUT2D eigenvalue weighted by Crippen LogP contribution is 2.51. The lowest BCUT2D eigenvalue weighted by molar-refractivity contribution is 0.669. The van der Waals surface area contributed by atoms with Gasteiger partial charge in [-0.1, -0.05) is 121 Å². The molecule has 1 aliphatic heterocycles. The predicted molar refractivity (Wildman–Crippen MR) is 222 cm³/mol. The fourth-order valence-corrected chi connectivity index (χ4v) is 7.78. The van der Waals surface area contributed by atoms with Gasteiger partial charge in [0.2, 0.25) is 0 Å². The summed E-state index contributed by atoms with van der Waals surface area (Å²) >= 11 is 0. The van der Waals surface area contributed by atoms with E-state index in [1.54, 1.807) is 0 Å². The summed E-state index contributed by atoms with van der Waals surface area (Å²) in [6, 6.07) is 68.9. The number of furan rings is 1. The summed E-state index contributed by atoms with van der Waals surface area (Å²) in [6.07, 6.45) is 0. The minimum atomic E-state index is 0.867. The van der Waals surface area contributed by atoms with Crippen LogP contribution in [-0.2, 0) is 0 Å². The molecule has 0 unspecified atom stereocenters. The predicted octanol–water partition coefficient (Wildman–Crippen LogP) is 13.9. The molecule has 4 nitrogen and oxygen atoms in total. The van der Waals surface area contributed by atoms with Crippen molar-refractivity contribution in [3.05, 3.63) is 194 Å². The van der Waals surface area contributed by atoms with Crippen molar-refractivity contribution in [2.75, 3.05) is 21.7 Å². The molecule has 53 heavy (non-hydrogen) atoms. The smallest absolute Gasteiger partial charge is 0.159 e. The number of hydrogen-bond acceptors (Lipinski definition) is 4. The zero-order chi connectivity index (χ0) is 35.3. The van der Waals surface area contributed by atoms with Crippen molar-refractivity contribution < 1.29 is 4.42 Å². The second-order valence-electron chi connectivity index (χ2n) is 13.5. The molecule has 1 aliphatic rings. The lowest BCUT2D eigenvalue weighted by Crippen LogP contribution is -2.24. The highest BCUT2D eigenvalue weighted by atomic mass is 16.3. The molecule has 2 heterocycles. The van der Waals surface area contributed by atoms with E-state index in [4.69, 9.17) is 4.42 Å². The fourth-order valence-electron chi connectivity index (χ4n) is 7.78. The van der Waals surface area contributed by atoms with Gasteiger partial charge in [-0.15, -0.1) is 0 Å². The zero-order valence-corrected chi connectivity index (χ0v) is 29.2. The van der Waals surface area contributed by atoms with Gasteiger partial charge in [-0.25, -0.2) is 0 Å². The van der Waals surface area contributed by atoms with E-state index in [1.165, 1.54) is 22.5 Å². The molecule has 0 atom stereocenters. The van der Waals surface area contributed by atoms with Gasteiger partial charge in [-0.05, 0) is 95.1 Å². The van der Waals surface area contributed by atoms with E-state index >= 15 is 0 Å². The van der Waals surface area contributed by atoms with Gasteiger partial charge in [0.05, 0.1) is 28.4 Å². The molecule has 0 saturated heterocycles. The first kappa shape index (κ1) is 30.8. The molecule has 0 N–H and O–H groups in total. The third kappa shape index (κ3) is 5.23. The number of anilines is 8. The molecular weight excluding hydrogens is 647 g/mol. The van der Waals surface area contributed by atoms with Gasteiger partial charge in [-0.2, -0.15) is 0 Å². The van der Waals surface area contributed by atoms with Crippen molar-refractivity contribution in [2.45, 2.75) is 0 Å².